The Labute approximate surface area is 239 Å². The fraction of sp³-hybridized carbons (Fsp3) is 0.375. The van der Waals surface area contributed by atoms with Gasteiger partial charge in [-0.2, -0.15) is 0 Å². The van der Waals surface area contributed by atoms with E-state index < -0.39 is 16.1 Å². The SMILES string of the molecule is Cc1ccccc1N(CCCC(=O)N(Cc1ccccc1)C(Cc1ccccc1)C(=O)NCC(C)C)S(C)(=O)=O. The molecule has 0 aliphatic carbocycles. The number of hydrogen-bond acceptors (Lipinski definition) is 4. The third-order valence-corrected chi connectivity index (χ3v) is 7.87. The fourth-order valence-corrected chi connectivity index (χ4v) is 5.61. The second-order valence-electron chi connectivity index (χ2n) is 10.6. The summed E-state index contributed by atoms with van der Waals surface area (Å²) in [7, 11) is -3.55. The van der Waals surface area contributed by atoms with E-state index in [-0.39, 0.29) is 37.2 Å². The van der Waals surface area contributed by atoms with E-state index >= 15 is 0 Å². The highest BCUT2D eigenvalue weighted by atomic mass is 32.2. The van der Waals surface area contributed by atoms with Crippen LogP contribution in [0.25, 0.3) is 0 Å². The second kappa shape index (κ2) is 14.7. The smallest absolute Gasteiger partial charge is 0.243 e. The maximum absolute atomic E-state index is 13.8. The molecule has 3 aromatic rings. The molecule has 8 heteroatoms. The largest absolute Gasteiger partial charge is 0.354 e. The molecule has 0 aromatic heterocycles. The Kier molecular flexibility index (Phi) is 11.3. The molecule has 0 aliphatic heterocycles. The average molecular weight is 564 g/mol. The van der Waals surface area contributed by atoms with Gasteiger partial charge in [0.2, 0.25) is 21.8 Å². The predicted octanol–water partition coefficient (Wildman–Crippen LogP) is 4.95. The summed E-state index contributed by atoms with van der Waals surface area (Å²) in [6.07, 6.45) is 1.98. The second-order valence-corrected chi connectivity index (χ2v) is 12.5. The Hall–Kier alpha value is -3.65. The molecule has 0 radical (unpaired) electrons. The first-order valence-corrected chi connectivity index (χ1v) is 15.6. The molecular weight excluding hydrogens is 522 g/mol. The van der Waals surface area contributed by atoms with Crippen LogP contribution in [0.5, 0.6) is 0 Å². The molecule has 3 rings (SSSR count). The molecule has 0 bridgehead atoms. The summed E-state index contributed by atoms with van der Waals surface area (Å²) in [6, 6.07) is 25.9. The quantitative estimate of drug-likeness (QED) is 0.301. The number of hydrogen-bond donors (Lipinski definition) is 1. The van der Waals surface area contributed by atoms with Crippen LogP contribution in [0.4, 0.5) is 5.69 Å². The lowest BCUT2D eigenvalue weighted by molar-refractivity contribution is -0.141. The lowest BCUT2D eigenvalue weighted by Crippen LogP contribution is -2.51. The molecule has 40 heavy (non-hydrogen) atoms. The van der Waals surface area contributed by atoms with Crippen molar-refractivity contribution in [1.82, 2.24) is 10.2 Å². The molecule has 0 saturated carbocycles. The monoisotopic (exact) mass is 563 g/mol. The molecule has 0 fully saturated rings. The first-order chi connectivity index (χ1) is 19.1. The molecule has 7 nitrogen and oxygen atoms in total. The third kappa shape index (κ3) is 9.23. The van der Waals surface area contributed by atoms with Crippen LogP contribution in [0.2, 0.25) is 0 Å². The fourth-order valence-electron chi connectivity index (χ4n) is 4.58. The topological polar surface area (TPSA) is 86.8 Å². The molecule has 1 N–H and O–H groups in total. The molecule has 0 saturated heterocycles. The minimum absolute atomic E-state index is 0.105. The number of para-hydroxylation sites is 1. The molecule has 1 unspecified atom stereocenters. The summed E-state index contributed by atoms with van der Waals surface area (Å²) in [5.41, 5.74) is 3.33. The van der Waals surface area contributed by atoms with E-state index in [1.54, 1.807) is 17.0 Å². The average Bonchev–Trinajstić information content (AvgIpc) is 2.92. The van der Waals surface area contributed by atoms with Crippen LogP contribution in [-0.2, 0) is 32.6 Å². The zero-order valence-electron chi connectivity index (χ0n) is 23.9. The first-order valence-electron chi connectivity index (χ1n) is 13.7. The van der Waals surface area contributed by atoms with Crippen LogP contribution in [0.1, 0.15) is 43.4 Å². The molecule has 0 heterocycles. The number of anilines is 1. The minimum atomic E-state index is -3.55. The van der Waals surface area contributed by atoms with E-state index in [4.69, 9.17) is 0 Å². The van der Waals surface area contributed by atoms with Crippen LogP contribution in [0, 0.1) is 12.8 Å². The van der Waals surface area contributed by atoms with Crippen LogP contribution >= 0.6 is 0 Å². The van der Waals surface area contributed by atoms with Crippen molar-refractivity contribution in [2.75, 3.05) is 23.7 Å². The maximum atomic E-state index is 13.8. The number of benzene rings is 3. The number of amides is 2. The highest BCUT2D eigenvalue weighted by Crippen LogP contribution is 2.23. The van der Waals surface area contributed by atoms with Gasteiger partial charge in [-0.25, -0.2) is 8.42 Å². The van der Waals surface area contributed by atoms with Crippen molar-refractivity contribution in [3.8, 4) is 0 Å². The Bertz CT molecular complexity index is 1340. The number of nitrogens with zero attached hydrogens (tertiary/aromatic N) is 2. The summed E-state index contributed by atoms with van der Waals surface area (Å²) in [6.45, 7) is 6.88. The van der Waals surface area contributed by atoms with Gasteiger partial charge in [-0.05, 0) is 42.0 Å². The standard InChI is InChI=1S/C32H41N3O4S/c1-25(2)23-33-32(37)30(22-27-15-7-5-8-16-27)34(24-28-17-9-6-10-18-28)31(36)20-13-21-35(40(4,38)39)29-19-12-11-14-26(29)3/h5-12,14-19,25,30H,13,20-24H2,1-4H3,(H,33,37). The third-order valence-electron chi connectivity index (χ3n) is 6.69. The van der Waals surface area contributed by atoms with Crippen LogP contribution < -0.4 is 9.62 Å². The lowest BCUT2D eigenvalue weighted by Gasteiger charge is -2.32. The number of sulfonamides is 1. The predicted molar refractivity (Wildman–Crippen MR) is 161 cm³/mol. The molecule has 1 atom stereocenters. The van der Waals surface area contributed by atoms with Gasteiger partial charge in [0.15, 0.2) is 0 Å². The normalized spacial score (nSPS) is 12.1. The van der Waals surface area contributed by atoms with Crippen molar-refractivity contribution < 1.29 is 18.0 Å². The van der Waals surface area contributed by atoms with Crippen LogP contribution in [0.3, 0.4) is 0 Å². The number of carbonyl (C=O) groups excluding carboxylic acids is 2. The van der Waals surface area contributed by atoms with Gasteiger partial charge >= 0.3 is 0 Å². The summed E-state index contributed by atoms with van der Waals surface area (Å²) in [4.78, 5) is 29.0. The molecular formula is C32H41N3O4S. The maximum Gasteiger partial charge on any atom is 0.243 e. The molecule has 214 valence electrons. The molecule has 0 aliphatic rings. The molecule has 0 spiro atoms. The highest BCUT2D eigenvalue weighted by Gasteiger charge is 2.30. The van der Waals surface area contributed by atoms with Gasteiger partial charge in [-0.1, -0.05) is 92.7 Å². The summed E-state index contributed by atoms with van der Waals surface area (Å²) in [5.74, 6) is -0.120. The van der Waals surface area contributed by atoms with Gasteiger partial charge in [-0.15, -0.1) is 0 Å². The van der Waals surface area contributed by atoms with Crippen molar-refractivity contribution in [1.29, 1.82) is 0 Å². The van der Waals surface area contributed by atoms with Gasteiger partial charge < -0.3 is 10.2 Å². The van der Waals surface area contributed by atoms with E-state index in [1.165, 1.54) is 10.6 Å². The minimum Gasteiger partial charge on any atom is -0.354 e. The van der Waals surface area contributed by atoms with E-state index in [0.717, 1.165) is 16.7 Å². The number of rotatable bonds is 14. The van der Waals surface area contributed by atoms with E-state index in [2.05, 4.69) is 5.32 Å². The van der Waals surface area contributed by atoms with Gasteiger partial charge in [0.05, 0.1) is 11.9 Å². The highest BCUT2D eigenvalue weighted by molar-refractivity contribution is 7.92. The summed E-state index contributed by atoms with van der Waals surface area (Å²) >= 11 is 0. The Morgan fingerprint density at radius 2 is 1.43 bits per heavy atom. The summed E-state index contributed by atoms with van der Waals surface area (Å²) in [5, 5.41) is 3.03. The number of aryl methyl sites for hydroxylation is 1. The van der Waals surface area contributed by atoms with Crippen LogP contribution in [0.15, 0.2) is 84.9 Å². The van der Waals surface area contributed by atoms with Crippen molar-refractivity contribution in [3.05, 3.63) is 102 Å². The van der Waals surface area contributed by atoms with Gasteiger partial charge in [0.25, 0.3) is 0 Å². The van der Waals surface area contributed by atoms with Crippen molar-refractivity contribution in [2.45, 2.75) is 52.6 Å². The Morgan fingerprint density at radius 3 is 2.00 bits per heavy atom. The van der Waals surface area contributed by atoms with E-state index in [0.29, 0.717) is 25.1 Å². The number of carbonyl (C=O) groups is 2. The van der Waals surface area contributed by atoms with E-state index in [1.807, 2.05) is 93.6 Å². The van der Waals surface area contributed by atoms with E-state index in [9.17, 15) is 18.0 Å². The van der Waals surface area contributed by atoms with Crippen molar-refractivity contribution in [2.24, 2.45) is 5.92 Å². The Balaban J connectivity index is 1.86. The zero-order valence-corrected chi connectivity index (χ0v) is 24.7. The van der Waals surface area contributed by atoms with Crippen molar-refractivity contribution >= 4 is 27.5 Å². The summed E-state index contributed by atoms with van der Waals surface area (Å²) < 4.78 is 26.6. The van der Waals surface area contributed by atoms with Crippen LogP contribution in [-0.4, -0.2) is 50.5 Å². The molecule has 2 amide bonds. The van der Waals surface area contributed by atoms with Crippen molar-refractivity contribution in [3.63, 3.8) is 0 Å². The van der Waals surface area contributed by atoms with Gasteiger partial charge in [0.1, 0.15) is 6.04 Å². The number of nitrogens with one attached hydrogen (secondary N) is 1. The van der Waals surface area contributed by atoms with Gasteiger partial charge in [-0.3, -0.25) is 13.9 Å². The lowest BCUT2D eigenvalue weighted by atomic mass is 10.0. The van der Waals surface area contributed by atoms with Gasteiger partial charge in [0, 0.05) is 32.5 Å². The Morgan fingerprint density at radius 1 is 0.850 bits per heavy atom. The first kappa shape index (κ1) is 30.9. The zero-order chi connectivity index (χ0) is 29.1. The molecule has 3 aromatic carbocycles.